The van der Waals surface area contributed by atoms with Crippen molar-refractivity contribution in [2.75, 3.05) is 0 Å². The fourth-order valence-corrected chi connectivity index (χ4v) is 2.71. The molecule has 0 saturated carbocycles. The lowest BCUT2D eigenvalue weighted by Crippen LogP contribution is -1.90. The van der Waals surface area contributed by atoms with E-state index in [0.717, 1.165) is 15.2 Å². The second kappa shape index (κ2) is 5.01. The Hall–Kier alpha value is -0.810. The van der Waals surface area contributed by atoms with Crippen molar-refractivity contribution in [3.05, 3.63) is 46.4 Å². The minimum atomic E-state index is -0.218. The predicted octanol–water partition coefficient (Wildman–Crippen LogP) is 3.61. The molecule has 2 nitrogen and oxygen atoms in total. The largest absolute Gasteiger partial charge is 0.329 e. The quantitative estimate of drug-likeness (QED) is 0.806. The first-order valence-electron chi connectivity index (χ1n) is 4.70. The minimum Gasteiger partial charge on any atom is -0.329 e. The van der Waals surface area contributed by atoms with Gasteiger partial charge in [0.2, 0.25) is 0 Å². The topological polar surface area (TPSA) is 17.8 Å². The third-order valence-corrected chi connectivity index (χ3v) is 3.65. The van der Waals surface area contributed by atoms with Gasteiger partial charge in [0.05, 0.1) is 0 Å². The number of halogens is 2. The van der Waals surface area contributed by atoms with E-state index in [-0.39, 0.29) is 5.82 Å². The molecule has 0 amide bonds. The van der Waals surface area contributed by atoms with E-state index in [0.29, 0.717) is 5.75 Å². The average Bonchev–Trinajstić information content (AvgIpc) is 2.59. The highest BCUT2D eigenvalue weighted by Gasteiger charge is 2.03. The molecular formula is C11H10BrFN2S. The number of imidazole rings is 1. The number of nitrogens with zero attached hydrogens (tertiary/aromatic N) is 2. The highest BCUT2D eigenvalue weighted by molar-refractivity contribution is 9.10. The standard InChI is InChI=1S/C11H10BrFN2S/c1-15-3-2-14-11(15)16-7-8-4-9(12)6-10(13)5-8/h2-6H,7H2,1H3. The van der Waals surface area contributed by atoms with Crippen LogP contribution in [0.4, 0.5) is 4.39 Å². The van der Waals surface area contributed by atoms with Gasteiger partial charge in [-0.25, -0.2) is 9.37 Å². The Morgan fingerprint density at radius 1 is 1.44 bits per heavy atom. The Kier molecular flexibility index (Phi) is 3.66. The van der Waals surface area contributed by atoms with Crippen LogP contribution < -0.4 is 0 Å². The van der Waals surface area contributed by atoms with Gasteiger partial charge in [-0.15, -0.1) is 0 Å². The normalized spacial score (nSPS) is 10.7. The van der Waals surface area contributed by atoms with E-state index in [4.69, 9.17) is 0 Å². The molecule has 5 heteroatoms. The van der Waals surface area contributed by atoms with Crippen molar-refractivity contribution in [3.8, 4) is 0 Å². The maximum Gasteiger partial charge on any atom is 0.167 e. The van der Waals surface area contributed by atoms with Crippen LogP contribution >= 0.6 is 27.7 Å². The Labute approximate surface area is 106 Å². The van der Waals surface area contributed by atoms with Crippen LogP contribution in [-0.4, -0.2) is 9.55 Å². The van der Waals surface area contributed by atoms with Gasteiger partial charge >= 0.3 is 0 Å². The Morgan fingerprint density at radius 2 is 2.25 bits per heavy atom. The summed E-state index contributed by atoms with van der Waals surface area (Å²) in [6, 6.07) is 4.91. The molecule has 1 aromatic carbocycles. The van der Waals surface area contributed by atoms with Gasteiger partial charge in [0.15, 0.2) is 5.16 Å². The molecule has 1 aromatic heterocycles. The zero-order valence-electron chi connectivity index (χ0n) is 8.65. The predicted molar refractivity (Wildman–Crippen MR) is 66.9 cm³/mol. The lowest BCUT2D eigenvalue weighted by atomic mass is 10.2. The molecule has 0 N–H and O–H groups in total. The van der Waals surface area contributed by atoms with Crippen molar-refractivity contribution >= 4 is 27.7 Å². The number of hydrogen-bond acceptors (Lipinski definition) is 2. The molecule has 0 unspecified atom stereocenters. The highest BCUT2D eigenvalue weighted by Crippen LogP contribution is 2.23. The Balaban J connectivity index is 2.07. The van der Waals surface area contributed by atoms with Crippen LogP contribution in [0.15, 0.2) is 40.2 Å². The van der Waals surface area contributed by atoms with Gasteiger partial charge in [-0.05, 0) is 23.8 Å². The summed E-state index contributed by atoms with van der Waals surface area (Å²) in [5.41, 5.74) is 0.944. The van der Waals surface area contributed by atoms with Gasteiger partial charge in [0.25, 0.3) is 0 Å². The second-order valence-corrected chi connectivity index (χ2v) is 5.25. The summed E-state index contributed by atoms with van der Waals surface area (Å²) in [6.07, 6.45) is 3.65. The number of rotatable bonds is 3. The Bertz CT molecular complexity index is 478. The summed E-state index contributed by atoms with van der Waals surface area (Å²) < 4.78 is 15.8. The van der Waals surface area contributed by atoms with E-state index in [1.165, 1.54) is 6.07 Å². The summed E-state index contributed by atoms with van der Waals surface area (Å²) in [6.45, 7) is 0. The number of aryl methyl sites for hydroxylation is 1. The summed E-state index contributed by atoms with van der Waals surface area (Å²) >= 11 is 4.86. The van der Waals surface area contributed by atoms with E-state index < -0.39 is 0 Å². The summed E-state index contributed by atoms with van der Waals surface area (Å²) in [7, 11) is 1.94. The van der Waals surface area contributed by atoms with E-state index in [2.05, 4.69) is 20.9 Å². The molecule has 2 aromatic rings. The van der Waals surface area contributed by atoms with Crippen molar-refractivity contribution in [1.29, 1.82) is 0 Å². The van der Waals surface area contributed by atoms with E-state index in [1.807, 2.05) is 23.9 Å². The van der Waals surface area contributed by atoms with Crippen molar-refractivity contribution in [3.63, 3.8) is 0 Å². The van der Waals surface area contributed by atoms with Crippen LogP contribution in [0.2, 0.25) is 0 Å². The second-order valence-electron chi connectivity index (χ2n) is 3.39. The lowest BCUT2D eigenvalue weighted by molar-refractivity contribution is 0.625. The first kappa shape index (κ1) is 11.7. The van der Waals surface area contributed by atoms with Gasteiger partial charge < -0.3 is 4.57 Å². The molecule has 0 atom stereocenters. The summed E-state index contributed by atoms with van der Waals surface area (Å²) in [5, 5.41) is 0.931. The number of benzene rings is 1. The smallest absolute Gasteiger partial charge is 0.167 e. The van der Waals surface area contributed by atoms with Crippen LogP contribution in [-0.2, 0) is 12.8 Å². The molecule has 16 heavy (non-hydrogen) atoms. The number of thioether (sulfide) groups is 1. The first-order chi connectivity index (χ1) is 7.65. The van der Waals surface area contributed by atoms with Crippen molar-refractivity contribution < 1.29 is 4.39 Å². The van der Waals surface area contributed by atoms with Crippen molar-refractivity contribution in [2.24, 2.45) is 7.05 Å². The maximum atomic E-state index is 13.1. The summed E-state index contributed by atoms with van der Waals surface area (Å²) in [4.78, 5) is 4.20. The monoisotopic (exact) mass is 300 g/mol. The fraction of sp³-hybridized carbons (Fsp3) is 0.182. The van der Waals surface area contributed by atoms with E-state index in [1.54, 1.807) is 24.0 Å². The van der Waals surface area contributed by atoms with Crippen LogP contribution in [0, 0.1) is 5.82 Å². The molecule has 0 bridgehead atoms. The molecule has 2 rings (SSSR count). The van der Waals surface area contributed by atoms with E-state index >= 15 is 0 Å². The SMILES string of the molecule is Cn1ccnc1SCc1cc(F)cc(Br)c1. The van der Waals surface area contributed by atoms with Crippen molar-refractivity contribution in [2.45, 2.75) is 10.9 Å². The van der Waals surface area contributed by atoms with Crippen LogP contribution in [0.1, 0.15) is 5.56 Å². The number of aromatic nitrogens is 2. The van der Waals surface area contributed by atoms with Gasteiger partial charge in [0.1, 0.15) is 5.82 Å². The molecule has 0 aliphatic heterocycles. The molecule has 0 fully saturated rings. The highest BCUT2D eigenvalue weighted by atomic mass is 79.9. The van der Waals surface area contributed by atoms with Crippen LogP contribution in [0.5, 0.6) is 0 Å². The molecule has 0 aliphatic rings. The molecule has 0 spiro atoms. The molecule has 0 saturated heterocycles. The van der Waals surface area contributed by atoms with Crippen molar-refractivity contribution in [1.82, 2.24) is 9.55 Å². The Morgan fingerprint density at radius 3 is 2.88 bits per heavy atom. The van der Waals surface area contributed by atoms with Crippen LogP contribution in [0.25, 0.3) is 0 Å². The number of hydrogen-bond donors (Lipinski definition) is 0. The lowest BCUT2D eigenvalue weighted by Gasteiger charge is -2.03. The minimum absolute atomic E-state index is 0.218. The fourth-order valence-electron chi connectivity index (χ4n) is 1.33. The molecule has 1 heterocycles. The van der Waals surface area contributed by atoms with Gasteiger partial charge in [0, 0.05) is 29.7 Å². The molecular weight excluding hydrogens is 291 g/mol. The van der Waals surface area contributed by atoms with Crippen LogP contribution in [0.3, 0.4) is 0 Å². The zero-order chi connectivity index (χ0) is 11.5. The molecule has 84 valence electrons. The third kappa shape index (κ3) is 2.86. The molecule has 0 aliphatic carbocycles. The van der Waals surface area contributed by atoms with Gasteiger partial charge in [-0.3, -0.25) is 0 Å². The van der Waals surface area contributed by atoms with Gasteiger partial charge in [-0.1, -0.05) is 27.7 Å². The average molecular weight is 301 g/mol. The van der Waals surface area contributed by atoms with Gasteiger partial charge in [-0.2, -0.15) is 0 Å². The third-order valence-electron chi connectivity index (χ3n) is 2.07. The summed E-state index contributed by atoms with van der Waals surface area (Å²) in [5.74, 6) is 0.492. The zero-order valence-corrected chi connectivity index (χ0v) is 11.1. The maximum absolute atomic E-state index is 13.1. The van der Waals surface area contributed by atoms with E-state index in [9.17, 15) is 4.39 Å². The molecule has 0 radical (unpaired) electrons. The first-order valence-corrected chi connectivity index (χ1v) is 6.48.